The maximum Gasteiger partial charge on any atom is 0.449 e. The fraction of sp³-hybridized carbons (Fsp3) is 0.375. The summed E-state index contributed by atoms with van der Waals surface area (Å²) in [6.45, 7) is 4.99. The highest BCUT2D eigenvalue weighted by Crippen LogP contribution is 2.31. The molecule has 0 spiro atoms. The van der Waals surface area contributed by atoms with Crippen LogP contribution in [0.5, 0.6) is 0 Å². The van der Waals surface area contributed by atoms with Crippen molar-refractivity contribution in [3.8, 4) is 0 Å². The van der Waals surface area contributed by atoms with E-state index >= 15 is 0 Å². The number of imidazole rings is 1. The van der Waals surface area contributed by atoms with Gasteiger partial charge in [-0.3, -0.25) is 9.59 Å². The van der Waals surface area contributed by atoms with Gasteiger partial charge in [0, 0.05) is 19.5 Å². The number of carbonyl (C=O) groups is 2. The van der Waals surface area contributed by atoms with E-state index in [0.717, 1.165) is 5.56 Å². The minimum Gasteiger partial charge on any atom is -0.345 e. The van der Waals surface area contributed by atoms with Crippen LogP contribution < -0.4 is 5.32 Å². The lowest BCUT2D eigenvalue weighted by atomic mass is 9.97. The highest BCUT2D eigenvalue weighted by Gasteiger charge is 2.36. The third kappa shape index (κ3) is 5.02. The number of hydrogen-bond donors (Lipinski definition) is 2. The number of halogens is 3. The van der Waals surface area contributed by atoms with Crippen molar-refractivity contribution >= 4 is 22.8 Å². The molecule has 1 fully saturated rings. The molecule has 6 nitrogen and oxygen atoms in total. The number of likely N-dealkylation sites (tertiary alicyclic amines) is 1. The van der Waals surface area contributed by atoms with Crippen molar-refractivity contribution in [2.45, 2.75) is 32.5 Å². The van der Waals surface area contributed by atoms with Crippen molar-refractivity contribution in [1.29, 1.82) is 0 Å². The topological polar surface area (TPSA) is 78.1 Å². The van der Waals surface area contributed by atoms with E-state index in [1.807, 2.05) is 44.2 Å². The number of carbonyl (C=O) groups excluding carboxylic acids is 2. The van der Waals surface area contributed by atoms with Crippen LogP contribution in [-0.4, -0.2) is 39.8 Å². The number of aromatic amines is 1. The summed E-state index contributed by atoms with van der Waals surface area (Å²) < 4.78 is 39.2. The molecule has 1 aliphatic rings. The average Bonchev–Trinajstić information content (AvgIpc) is 3.35. The predicted octanol–water partition coefficient (Wildman–Crippen LogP) is 4.29. The first-order valence-electron chi connectivity index (χ1n) is 10.8. The van der Waals surface area contributed by atoms with E-state index in [-0.39, 0.29) is 29.3 Å². The van der Waals surface area contributed by atoms with Gasteiger partial charge in [-0.15, -0.1) is 0 Å². The number of hydrogen-bond acceptors (Lipinski definition) is 3. The van der Waals surface area contributed by atoms with E-state index in [4.69, 9.17) is 0 Å². The molecule has 0 saturated carbocycles. The Kier molecular flexibility index (Phi) is 6.14. The summed E-state index contributed by atoms with van der Waals surface area (Å²) in [7, 11) is 0. The van der Waals surface area contributed by atoms with Gasteiger partial charge in [0.1, 0.15) is 0 Å². The van der Waals surface area contributed by atoms with Crippen LogP contribution in [0.25, 0.3) is 11.0 Å². The maximum atomic E-state index is 13.1. The summed E-state index contributed by atoms with van der Waals surface area (Å²) in [5.41, 5.74) is 1.82. The quantitative estimate of drug-likeness (QED) is 0.579. The number of aromatic nitrogens is 2. The molecule has 2 heterocycles. The van der Waals surface area contributed by atoms with Gasteiger partial charge in [-0.25, -0.2) is 4.98 Å². The van der Waals surface area contributed by atoms with E-state index in [9.17, 15) is 22.8 Å². The summed E-state index contributed by atoms with van der Waals surface area (Å²) >= 11 is 0. The lowest BCUT2D eigenvalue weighted by molar-refractivity contribution is -0.144. The Morgan fingerprint density at radius 2 is 1.91 bits per heavy atom. The molecule has 2 N–H and O–H groups in total. The lowest BCUT2D eigenvalue weighted by Crippen LogP contribution is -2.36. The number of alkyl halides is 3. The smallest absolute Gasteiger partial charge is 0.345 e. The Hall–Kier alpha value is -3.36. The third-order valence-electron chi connectivity index (χ3n) is 5.70. The Balaban J connectivity index is 1.61. The van der Waals surface area contributed by atoms with Crippen molar-refractivity contribution in [2.75, 3.05) is 13.1 Å². The number of nitrogens with one attached hydrogen (secondary N) is 2. The first kappa shape index (κ1) is 22.8. The zero-order valence-corrected chi connectivity index (χ0v) is 18.3. The zero-order chi connectivity index (χ0) is 23.8. The van der Waals surface area contributed by atoms with E-state index in [1.165, 1.54) is 6.07 Å². The van der Waals surface area contributed by atoms with Crippen LogP contribution in [0.1, 0.15) is 43.3 Å². The minimum absolute atomic E-state index is 0.0429. The molecule has 2 unspecified atom stereocenters. The Bertz CT molecular complexity index is 1160. The van der Waals surface area contributed by atoms with Gasteiger partial charge < -0.3 is 15.2 Å². The number of nitrogens with zero attached hydrogens (tertiary/aromatic N) is 2. The molecule has 9 heteroatoms. The molecule has 0 radical (unpaired) electrons. The summed E-state index contributed by atoms with van der Waals surface area (Å²) in [6.07, 6.45) is -4.43. The van der Waals surface area contributed by atoms with Gasteiger partial charge >= 0.3 is 6.18 Å². The second-order valence-electron chi connectivity index (χ2n) is 8.81. The molecule has 1 aromatic heterocycles. The van der Waals surface area contributed by atoms with Crippen molar-refractivity contribution in [2.24, 2.45) is 11.8 Å². The van der Waals surface area contributed by atoms with Crippen molar-refractivity contribution in [1.82, 2.24) is 20.2 Å². The largest absolute Gasteiger partial charge is 0.449 e. The molecule has 174 valence electrons. The molecule has 2 amide bonds. The van der Waals surface area contributed by atoms with Gasteiger partial charge in [-0.2, -0.15) is 13.2 Å². The zero-order valence-electron chi connectivity index (χ0n) is 18.3. The highest BCUT2D eigenvalue weighted by atomic mass is 19.4. The standard InChI is InChI=1S/C24H25F3N4O2/c1-14(2)12-31-13-17(11-20(31)32)22(33)30-21(15-6-4-3-5-7-15)16-8-9-18-19(10-16)29-23(28-18)24(25,26)27/h3-10,14,17,21H,11-13H2,1-2H3,(H,28,29)(H,30,33). The normalized spacial score (nSPS) is 17.7. The molecule has 3 aromatic rings. The molecule has 0 aliphatic carbocycles. The molecule has 2 aromatic carbocycles. The molecular formula is C24H25F3N4O2. The minimum atomic E-state index is -4.58. The average molecular weight is 458 g/mol. The van der Waals surface area contributed by atoms with Crippen LogP contribution in [0.4, 0.5) is 13.2 Å². The number of benzene rings is 2. The molecule has 0 bridgehead atoms. The first-order valence-corrected chi connectivity index (χ1v) is 10.8. The third-order valence-corrected chi connectivity index (χ3v) is 5.70. The van der Waals surface area contributed by atoms with Gasteiger partial charge in [0.05, 0.1) is 23.0 Å². The molecule has 1 aliphatic heterocycles. The van der Waals surface area contributed by atoms with Gasteiger partial charge in [-0.1, -0.05) is 50.2 Å². The molecule has 4 rings (SSSR count). The number of amides is 2. The lowest BCUT2D eigenvalue weighted by Gasteiger charge is -2.22. The van der Waals surface area contributed by atoms with Crippen LogP contribution >= 0.6 is 0 Å². The molecular weight excluding hydrogens is 433 g/mol. The van der Waals surface area contributed by atoms with E-state index in [1.54, 1.807) is 17.0 Å². The van der Waals surface area contributed by atoms with Crippen LogP contribution in [0, 0.1) is 11.8 Å². The second kappa shape index (κ2) is 8.88. The van der Waals surface area contributed by atoms with Crippen LogP contribution in [0.15, 0.2) is 48.5 Å². The van der Waals surface area contributed by atoms with E-state index in [0.29, 0.717) is 24.6 Å². The molecule has 33 heavy (non-hydrogen) atoms. The van der Waals surface area contributed by atoms with Crippen LogP contribution in [0.3, 0.4) is 0 Å². The Labute approximate surface area is 189 Å². The second-order valence-corrected chi connectivity index (χ2v) is 8.81. The monoisotopic (exact) mass is 458 g/mol. The van der Waals surface area contributed by atoms with Crippen LogP contribution in [-0.2, 0) is 15.8 Å². The van der Waals surface area contributed by atoms with E-state index < -0.39 is 24.0 Å². The summed E-state index contributed by atoms with van der Waals surface area (Å²) in [5, 5.41) is 3.01. The predicted molar refractivity (Wildman–Crippen MR) is 117 cm³/mol. The van der Waals surface area contributed by atoms with Crippen LogP contribution in [0.2, 0.25) is 0 Å². The van der Waals surface area contributed by atoms with Gasteiger partial charge in [0.2, 0.25) is 17.6 Å². The van der Waals surface area contributed by atoms with E-state index in [2.05, 4.69) is 15.3 Å². The Morgan fingerprint density at radius 1 is 1.18 bits per heavy atom. The number of H-pyrrole nitrogens is 1. The molecule has 2 atom stereocenters. The SMILES string of the molecule is CC(C)CN1CC(C(=O)NC(c2ccccc2)c2ccc3nc(C(F)(F)F)[nH]c3c2)CC1=O. The van der Waals surface area contributed by atoms with Crippen molar-refractivity contribution in [3.63, 3.8) is 0 Å². The van der Waals surface area contributed by atoms with Crippen molar-refractivity contribution < 1.29 is 22.8 Å². The fourth-order valence-electron chi connectivity index (χ4n) is 4.17. The van der Waals surface area contributed by atoms with Gasteiger partial charge in [-0.05, 0) is 29.2 Å². The Morgan fingerprint density at radius 3 is 2.58 bits per heavy atom. The number of fused-ring (bicyclic) bond motifs is 1. The summed E-state index contributed by atoms with van der Waals surface area (Å²) in [6, 6.07) is 13.3. The summed E-state index contributed by atoms with van der Waals surface area (Å²) in [5.74, 6) is -1.54. The molecule has 1 saturated heterocycles. The first-order chi connectivity index (χ1) is 15.6. The summed E-state index contributed by atoms with van der Waals surface area (Å²) in [4.78, 5) is 33.1. The van der Waals surface area contributed by atoms with Gasteiger partial charge in [0.15, 0.2) is 0 Å². The highest BCUT2D eigenvalue weighted by molar-refractivity contribution is 5.89. The van der Waals surface area contributed by atoms with Gasteiger partial charge in [0.25, 0.3) is 0 Å². The fourth-order valence-corrected chi connectivity index (χ4v) is 4.17. The number of rotatable bonds is 6. The maximum absolute atomic E-state index is 13.1. The van der Waals surface area contributed by atoms with Crippen molar-refractivity contribution in [3.05, 3.63) is 65.5 Å².